The molecule has 0 fully saturated rings. The van der Waals surface area contributed by atoms with E-state index in [1.165, 1.54) is 0 Å². The lowest BCUT2D eigenvalue weighted by Gasteiger charge is -2.04. The molecule has 2 rings (SSSR count). The largest absolute Gasteiger partial charge is 0.478 e. The van der Waals surface area contributed by atoms with Gasteiger partial charge in [0, 0.05) is 23.3 Å². The minimum Gasteiger partial charge on any atom is -0.478 e. The third-order valence-corrected chi connectivity index (χ3v) is 2.09. The number of carbonyl (C=O) groups is 1. The number of alkyl halides is 3. The fraction of sp³-hybridized carbons (Fsp3) is 0.111. The maximum Gasteiger partial charge on any atom is 0.433 e. The van der Waals surface area contributed by atoms with E-state index in [0.717, 1.165) is 18.5 Å². The third-order valence-electron chi connectivity index (χ3n) is 2.09. The number of aromatic nitrogens is 2. The number of pyridine rings is 1. The van der Waals surface area contributed by atoms with Crippen LogP contribution in [0.1, 0.15) is 16.1 Å². The van der Waals surface area contributed by atoms with E-state index in [-0.39, 0.29) is 16.5 Å². The molecule has 7 heteroatoms. The predicted molar refractivity (Wildman–Crippen MR) is 48.1 cm³/mol. The highest BCUT2D eigenvalue weighted by atomic mass is 19.4. The van der Waals surface area contributed by atoms with E-state index < -0.39 is 17.8 Å². The lowest BCUT2D eigenvalue weighted by atomic mass is 10.2. The number of fused-ring (bicyclic) bond motifs is 1. The van der Waals surface area contributed by atoms with Crippen LogP contribution in [0.3, 0.4) is 0 Å². The van der Waals surface area contributed by atoms with Crippen LogP contribution in [-0.4, -0.2) is 21.0 Å². The van der Waals surface area contributed by atoms with Crippen LogP contribution in [0.4, 0.5) is 13.2 Å². The zero-order chi connectivity index (χ0) is 11.9. The maximum absolute atomic E-state index is 12.3. The Balaban J connectivity index is 2.62. The quantitative estimate of drug-likeness (QED) is 0.789. The number of nitrogens with zero attached hydrogens (tertiary/aromatic N) is 1. The van der Waals surface area contributed by atoms with Crippen LogP contribution in [0.5, 0.6) is 0 Å². The zero-order valence-corrected chi connectivity index (χ0v) is 7.67. The van der Waals surface area contributed by atoms with Gasteiger partial charge in [-0.3, -0.25) is 4.98 Å². The Hall–Kier alpha value is -2.05. The maximum atomic E-state index is 12.3. The number of hydrogen-bond acceptors (Lipinski definition) is 2. The van der Waals surface area contributed by atoms with Gasteiger partial charge >= 0.3 is 12.1 Å². The number of carboxylic acid groups (broad SMARTS) is 1. The first-order chi connectivity index (χ1) is 7.39. The van der Waals surface area contributed by atoms with E-state index in [4.69, 9.17) is 5.11 Å². The summed E-state index contributed by atoms with van der Waals surface area (Å²) in [4.78, 5) is 16.3. The first-order valence-electron chi connectivity index (χ1n) is 4.17. The van der Waals surface area contributed by atoms with E-state index in [1.54, 1.807) is 0 Å². The summed E-state index contributed by atoms with van der Waals surface area (Å²) >= 11 is 0. The molecule has 0 atom stereocenters. The molecule has 2 N–H and O–H groups in total. The number of carboxylic acids is 1. The van der Waals surface area contributed by atoms with Crippen molar-refractivity contribution in [2.45, 2.75) is 6.18 Å². The van der Waals surface area contributed by atoms with Gasteiger partial charge in [-0.25, -0.2) is 4.79 Å². The van der Waals surface area contributed by atoms with Gasteiger partial charge in [-0.2, -0.15) is 13.2 Å². The van der Waals surface area contributed by atoms with Crippen molar-refractivity contribution in [3.05, 3.63) is 29.7 Å². The molecule has 0 amide bonds. The average Bonchev–Trinajstić information content (AvgIpc) is 2.58. The van der Waals surface area contributed by atoms with Gasteiger partial charge in [-0.15, -0.1) is 0 Å². The van der Waals surface area contributed by atoms with Crippen molar-refractivity contribution in [2.75, 3.05) is 0 Å². The van der Waals surface area contributed by atoms with E-state index in [0.29, 0.717) is 0 Å². The van der Waals surface area contributed by atoms with Crippen LogP contribution >= 0.6 is 0 Å². The highest BCUT2D eigenvalue weighted by Gasteiger charge is 2.32. The standard InChI is InChI=1S/C9H5F3N2O2/c10-9(11,12)7-1-6-4(2-14-7)5(3-13-6)8(15)16/h1-3,13H,(H,15,16). The fourth-order valence-corrected chi connectivity index (χ4v) is 1.35. The van der Waals surface area contributed by atoms with E-state index in [2.05, 4.69) is 9.97 Å². The number of hydrogen-bond donors (Lipinski definition) is 2. The van der Waals surface area contributed by atoms with Crippen LogP contribution in [0.2, 0.25) is 0 Å². The van der Waals surface area contributed by atoms with E-state index in [1.807, 2.05) is 0 Å². The number of nitrogens with one attached hydrogen (secondary N) is 1. The van der Waals surface area contributed by atoms with Gasteiger partial charge in [0.1, 0.15) is 5.69 Å². The molecule has 0 saturated heterocycles. The van der Waals surface area contributed by atoms with Crippen molar-refractivity contribution in [1.82, 2.24) is 9.97 Å². The molecule has 0 bridgehead atoms. The molecule has 2 aromatic rings. The first kappa shape index (κ1) is 10.5. The monoisotopic (exact) mass is 230 g/mol. The van der Waals surface area contributed by atoms with Gasteiger partial charge in [-0.05, 0) is 6.07 Å². The number of aromatic amines is 1. The summed E-state index contributed by atoms with van der Waals surface area (Å²) < 4.78 is 36.9. The molecule has 0 aliphatic rings. The Bertz CT molecular complexity index is 559. The van der Waals surface area contributed by atoms with Gasteiger partial charge in [0.05, 0.1) is 5.56 Å². The summed E-state index contributed by atoms with van der Waals surface area (Å²) in [5.41, 5.74) is -1.06. The molecule has 0 radical (unpaired) electrons. The van der Waals surface area contributed by atoms with Gasteiger partial charge in [0.2, 0.25) is 0 Å². The molecule has 0 saturated carbocycles. The molecule has 0 aliphatic carbocycles. The lowest BCUT2D eigenvalue weighted by molar-refractivity contribution is -0.141. The summed E-state index contributed by atoms with van der Waals surface area (Å²) in [5, 5.41) is 8.88. The van der Waals surface area contributed by atoms with Gasteiger partial charge in [-0.1, -0.05) is 0 Å². The van der Waals surface area contributed by atoms with Crippen LogP contribution in [-0.2, 0) is 6.18 Å². The van der Waals surface area contributed by atoms with E-state index in [9.17, 15) is 18.0 Å². The number of rotatable bonds is 1. The summed E-state index contributed by atoms with van der Waals surface area (Å²) in [5.74, 6) is -1.21. The fourth-order valence-electron chi connectivity index (χ4n) is 1.35. The zero-order valence-electron chi connectivity index (χ0n) is 7.67. The molecular formula is C9H5F3N2O2. The minimum atomic E-state index is -4.54. The highest BCUT2D eigenvalue weighted by Crippen LogP contribution is 2.29. The molecule has 2 heterocycles. The van der Waals surface area contributed by atoms with Crippen molar-refractivity contribution < 1.29 is 23.1 Å². The van der Waals surface area contributed by atoms with Gasteiger partial charge < -0.3 is 10.1 Å². The third kappa shape index (κ3) is 1.60. The van der Waals surface area contributed by atoms with E-state index >= 15 is 0 Å². The Morgan fingerprint density at radius 2 is 2.12 bits per heavy atom. The summed E-state index contributed by atoms with van der Waals surface area (Å²) in [6.07, 6.45) is -2.50. The Kier molecular flexibility index (Phi) is 2.11. The molecule has 4 nitrogen and oxygen atoms in total. The molecule has 0 spiro atoms. The van der Waals surface area contributed by atoms with Crippen molar-refractivity contribution in [3.63, 3.8) is 0 Å². The van der Waals surface area contributed by atoms with Crippen LogP contribution in [0.15, 0.2) is 18.5 Å². The topological polar surface area (TPSA) is 66.0 Å². The summed E-state index contributed by atoms with van der Waals surface area (Å²) in [7, 11) is 0. The summed E-state index contributed by atoms with van der Waals surface area (Å²) in [6, 6.07) is 0.780. The second-order valence-electron chi connectivity index (χ2n) is 3.12. The smallest absolute Gasteiger partial charge is 0.433 e. The van der Waals surface area contributed by atoms with Crippen LogP contribution in [0.25, 0.3) is 10.9 Å². The van der Waals surface area contributed by atoms with Crippen molar-refractivity contribution in [3.8, 4) is 0 Å². The lowest BCUT2D eigenvalue weighted by Crippen LogP contribution is -2.07. The second-order valence-corrected chi connectivity index (χ2v) is 3.12. The predicted octanol–water partition coefficient (Wildman–Crippen LogP) is 2.28. The Morgan fingerprint density at radius 3 is 2.69 bits per heavy atom. The summed E-state index contributed by atoms with van der Waals surface area (Å²) in [6.45, 7) is 0. The van der Waals surface area contributed by atoms with Crippen molar-refractivity contribution in [1.29, 1.82) is 0 Å². The number of H-pyrrole nitrogens is 1. The van der Waals surface area contributed by atoms with Crippen molar-refractivity contribution in [2.24, 2.45) is 0 Å². The second kappa shape index (κ2) is 3.22. The SMILES string of the molecule is O=C(O)c1c[nH]c2cc(C(F)(F)F)ncc12. The first-order valence-corrected chi connectivity index (χ1v) is 4.17. The molecule has 2 aromatic heterocycles. The molecule has 0 aliphatic heterocycles. The number of halogens is 3. The molecule has 84 valence electrons. The number of aromatic carboxylic acids is 1. The van der Waals surface area contributed by atoms with Crippen LogP contribution in [0, 0.1) is 0 Å². The molecule has 16 heavy (non-hydrogen) atoms. The molecular weight excluding hydrogens is 225 g/mol. The highest BCUT2D eigenvalue weighted by molar-refractivity contribution is 6.02. The van der Waals surface area contributed by atoms with Crippen LogP contribution < -0.4 is 0 Å². The normalized spacial score (nSPS) is 11.9. The van der Waals surface area contributed by atoms with Gasteiger partial charge in [0.25, 0.3) is 0 Å². The minimum absolute atomic E-state index is 0.0970. The molecule has 0 aromatic carbocycles. The molecule has 0 unspecified atom stereocenters. The van der Waals surface area contributed by atoms with Gasteiger partial charge in [0.15, 0.2) is 0 Å². The average molecular weight is 230 g/mol. The van der Waals surface area contributed by atoms with Crippen molar-refractivity contribution >= 4 is 16.9 Å². The Labute approximate surface area is 86.7 Å². The Morgan fingerprint density at radius 1 is 1.44 bits per heavy atom.